The summed E-state index contributed by atoms with van der Waals surface area (Å²) in [7, 11) is 3.23. The maximum absolute atomic E-state index is 14.5. The molecule has 0 atom stereocenters. The average Bonchev–Trinajstić information content (AvgIpc) is 3.14. The quantitative estimate of drug-likeness (QED) is 0.425. The number of halogens is 2. The second kappa shape index (κ2) is 8.82. The molecule has 0 N–H and O–H groups in total. The molecule has 33 heavy (non-hydrogen) atoms. The second-order valence-electron chi connectivity index (χ2n) is 7.37. The lowest BCUT2D eigenvalue weighted by atomic mass is 10.0. The molecule has 0 aliphatic rings. The van der Waals surface area contributed by atoms with E-state index in [2.05, 4.69) is 9.88 Å². The molecule has 2 aromatic heterocycles. The van der Waals surface area contributed by atoms with Gasteiger partial charge in [-0.3, -0.25) is 4.57 Å². The SMILES string of the molecule is CCN(CC)c1nc2nc(-c3ccc(C#N)c(F)c3)c(-c3ccc(OC)c(F)c3)nc2n1C. The van der Waals surface area contributed by atoms with Crippen molar-refractivity contribution in [3.63, 3.8) is 0 Å². The molecule has 168 valence electrons. The molecule has 0 fully saturated rings. The number of hydrogen-bond acceptors (Lipinski definition) is 6. The molecule has 2 aromatic carbocycles. The minimum absolute atomic E-state index is 0.0773. The van der Waals surface area contributed by atoms with Crippen LogP contribution in [0.4, 0.5) is 14.7 Å². The monoisotopic (exact) mass is 448 g/mol. The van der Waals surface area contributed by atoms with E-state index < -0.39 is 11.6 Å². The van der Waals surface area contributed by atoms with E-state index in [1.54, 1.807) is 12.1 Å². The number of methoxy groups -OCH3 is 1. The van der Waals surface area contributed by atoms with Crippen LogP contribution in [0.2, 0.25) is 0 Å². The topological polar surface area (TPSA) is 79.9 Å². The van der Waals surface area contributed by atoms with E-state index >= 15 is 0 Å². The van der Waals surface area contributed by atoms with E-state index in [-0.39, 0.29) is 11.3 Å². The molecule has 4 rings (SSSR count). The van der Waals surface area contributed by atoms with Gasteiger partial charge in [-0.2, -0.15) is 10.2 Å². The molecule has 0 unspecified atom stereocenters. The van der Waals surface area contributed by atoms with E-state index in [0.29, 0.717) is 39.8 Å². The van der Waals surface area contributed by atoms with Crippen LogP contribution in [0.5, 0.6) is 5.75 Å². The van der Waals surface area contributed by atoms with Crippen LogP contribution < -0.4 is 9.64 Å². The van der Waals surface area contributed by atoms with E-state index in [1.165, 1.54) is 31.4 Å². The second-order valence-corrected chi connectivity index (χ2v) is 7.37. The van der Waals surface area contributed by atoms with Crippen LogP contribution in [0, 0.1) is 23.0 Å². The van der Waals surface area contributed by atoms with Crippen molar-refractivity contribution in [1.82, 2.24) is 19.5 Å². The van der Waals surface area contributed by atoms with Crippen molar-refractivity contribution in [2.45, 2.75) is 13.8 Å². The maximum Gasteiger partial charge on any atom is 0.209 e. The van der Waals surface area contributed by atoms with Gasteiger partial charge in [0.15, 0.2) is 22.9 Å². The lowest BCUT2D eigenvalue weighted by Crippen LogP contribution is -2.24. The number of aryl methyl sites for hydroxylation is 1. The summed E-state index contributed by atoms with van der Waals surface area (Å²) in [5.74, 6) is -0.426. The van der Waals surface area contributed by atoms with Gasteiger partial charge in [0.1, 0.15) is 11.9 Å². The molecule has 7 nitrogen and oxygen atoms in total. The minimum atomic E-state index is -0.673. The highest BCUT2D eigenvalue weighted by Crippen LogP contribution is 2.34. The lowest BCUT2D eigenvalue weighted by Gasteiger charge is -2.19. The van der Waals surface area contributed by atoms with Crippen LogP contribution >= 0.6 is 0 Å². The number of fused-ring (bicyclic) bond motifs is 1. The third-order valence-corrected chi connectivity index (χ3v) is 5.52. The van der Waals surface area contributed by atoms with Crippen LogP contribution in [0.1, 0.15) is 19.4 Å². The number of aromatic nitrogens is 4. The van der Waals surface area contributed by atoms with Crippen molar-refractivity contribution >= 4 is 17.2 Å². The first-order valence-corrected chi connectivity index (χ1v) is 10.4. The highest BCUT2D eigenvalue weighted by atomic mass is 19.1. The number of rotatable bonds is 6. The average molecular weight is 448 g/mol. The first kappa shape index (κ1) is 22.1. The normalized spacial score (nSPS) is 10.9. The van der Waals surface area contributed by atoms with Crippen molar-refractivity contribution in [3.8, 4) is 34.3 Å². The Bertz CT molecular complexity index is 1390. The van der Waals surface area contributed by atoms with Crippen molar-refractivity contribution in [1.29, 1.82) is 5.26 Å². The van der Waals surface area contributed by atoms with Crippen molar-refractivity contribution in [2.24, 2.45) is 7.05 Å². The van der Waals surface area contributed by atoms with E-state index in [9.17, 15) is 8.78 Å². The van der Waals surface area contributed by atoms with Crippen LogP contribution in [0.15, 0.2) is 36.4 Å². The zero-order valence-electron chi connectivity index (χ0n) is 18.7. The predicted octanol–water partition coefficient (Wildman–Crippen LogP) is 4.70. The summed E-state index contributed by atoms with van der Waals surface area (Å²) in [6.07, 6.45) is 0. The first-order valence-electron chi connectivity index (χ1n) is 10.4. The summed E-state index contributed by atoms with van der Waals surface area (Å²) < 4.78 is 35.8. The number of nitriles is 1. The number of hydrogen-bond donors (Lipinski definition) is 0. The summed E-state index contributed by atoms with van der Waals surface area (Å²) in [6.45, 7) is 5.55. The maximum atomic E-state index is 14.5. The fourth-order valence-electron chi connectivity index (χ4n) is 3.74. The molecule has 0 radical (unpaired) electrons. The summed E-state index contributed by atoms with van der Waals surface area (Å²) in [5.41, 5.74) is 2.38. The Hall–Kier alpha value is -4.06. The van der Waals surface area contributed by atoms with Crippen LogP contribution in [-0.2, 0) is 7.05 Å². The molecule has 0 saturated heterocycles. The third kappa shape index (κ3) is 3.84. The number of anilines is 1. The first-order chi connectivity index (χ1) is 15.9. The molecular weight excluding hydrogens is 426 g/mol. The third-order valence-electron chi connectivity index (χ3n) is 5.52. The molecule has 0 amide bonds. The van der Waals surface area contributed by atoms with Crippen LogP contribution in [-0.4, -0.2) is 39.7 Å². The van der Waals surface area contributed by atoms with E-state index in [4.69, 9.17) is 20.0 Å². The molecule has 0 aliphatic carbocycles. The Balaban J connectivity index is 2.01. The van der Waals surface area contributed by atoms with E-state index in [1.807, 2.05) is 31.5 Å². The summed E-state index contributed by atoms with van der Waals surface area (Å²) >= 11 is 0. The van der Waals surface area contributed by atoms with Crippen molar-refractivity contribution < 1.29 is 13.5 Å². The van der Waals surface area contributed by atoms with Gasteiger partial charge in [0.25, 0.3) is 0 Å². The van der Waals surface area contributed by atoms with Gasteiger partial charge in [-0.05, 0) is 44.2 Å². The Morgan fingerprint density at radius 2 is 1.61 bits per heavy atom. The summed E-state index contributed by atoms with van der Waals surface area (Å²) in [5, 5.41) is 9.08. The van der Waals surface area contributed by atoms with Gasteiger partial charge in [0, 0.05) is 31.3 Å². The Kier molecular flexibility index (Phi) is 5.92. The fraction of sp³-hybridized carbons (Fsp3) is 0.250. The zero-order valence-corrected chi connectivity index (χ0v) is 18.7. The van der Waals surface area contributed by atoms with Gasteiger partial charge in [0.05, 0.1) is 24.1 Å². The summed E-state index contributed by atoms with van der Waals surface area (Å²) in [4.78, 5) is 16.2. The smallest absolute Gasteiger partial charge is 0.209 e. The molecule has 0 bridgehead atoms. The molecule has 0 aliphatic heterocycles. The molecule has 0 saturated carbocycles. The van der Waals surface area contributed by atoms with E-state index in [0.717, 1.165) is 13.1 Å². The predicted molar refractivity (Wildman–Crippen MR) is 122 cm³/mol. The van der Waals surface area contributed by atoms with Gasteiger partial charge in [0.2, 0.25) is 5.95 Å². The highest BCUT2D eigenvalue weighted by Gasteiger charge is 2.21. The van der Waals surface area contributed by atoms with Gasteiger partial charge in [-0.25, -0.2) is 18.7 Å². The highest BCUT2D eigenvalue weighted by molar-refractivity contribution is 5.85. The largest absolute Gasteiger partial charge is 0.494 e. The Labute approximate surface area is 189 Å². The Morgan fingerprint density at radius 3 is 2.18 bits per heavy atom. The van der Waals surface area contributed by atoms with Crippen molar-refractivity contribution in [2.75, 3.05) is 25.1 Å². The summed E-state index contributed by atoms with van der Waals surface area (Å²) in [6, 6.07) is 10.5. The molecule has 2 heterocycles. The molecule has 4 aromatic rings. The van der Waals surface area contributed by atoms with Crippen LogP contribution in [0.3, 0.4) is 0 Å². The molecule has 0 spiro atoms. The zero-order chi connectivity index (χ0) is 23.7. The molecule has 9 heteroatoms. The minimum Gasteiger partial charge on any atom is -0.494 e. The number of nitrogens with zero attached hydrogens (tertiary/aromatic N) is 6. The number of imidazole rings is 1. The number of benzene rings is 2. The van der Waals surface area contributed by atoms with Gasteiger partial charge in [-0.1, -0.05) is 6.07 Å². The Morgan fingerprint density at radius 1 is 0.970 bits per heavy atom. The fourth-order valence-corrected chi connectivity index (χ4v) is 3.74. The van der Waals surface area contributed by atoms with Gasteiger partial charge >= 0.3 is 0 Å². The molecular formula is C24H22F2N6O. The van der Waals surface area contributed by atoms with Gasteiger partial charge < -0.3 is 9.64 Å². The van der Waals surface area contributed by atoms with Gasteiger partial charge in [-0.15, -0.1) is 0 Å². The lowest BCUT2D eigenvalue weighted by molar-refractivity contribution is 0.386. The standard InChI is InChI=1S/C24H22F2N6O/c1-5-32(6-2)24-30-22-23(31(24)3)29-21(15-9-10-19(33-4)18(26)12-15)20(28-22)14-7-8-16(13-27)17(25)11-14/h7-12H,5-6H2,1-4H3. The number of ether oxygens (including phenoxy) is 1. The van der Waals surface area contributed by atoms with Crippen molar-refractivity contribution in [3.05, 3.63) is 53.6 Å². The van der Waals surface area contributed by atoms with Crippen LogP contribution in [0.25, 0.3) is 33.8 Å².